The second-order valence-corrected chi connectivity index (χ2v) is 33.8. The molecule has 0 radical (unpaired) electrons. The van der Waals surface area contributed by atoms with Crippen molar-refractivity contribution < 1.29 is 14.6 Å². The molecule has 0 saturated carbocycles. The van der Waals surface area contributed by atoms with Crippen molar-refractivity contribution in [3.05, 3.63) is 338 Å². The summed E-state index contributed by atoms with van der Waals surface area (Å²) >= 11 is 0. The molecule has 0 bridgehead atoms. The van der Waals surface area contributed by atoms with Crippen molar-refractivity contribution in [1.82, 2.24) is 0 Å². The highest BCUT2D eigenvalue weighted by molar-refractivity contribution is 7.98. The minimum atomic E-state index is -0.134. The molecule has 0 spiro atoms. The minimum Gasteiger partial charge on any atom is -0.508 e. The number of hydrogen-bond donors (Lipinski definition) is 1. The predicted molar refractivity (Wildman–Crippen MR) is 399 cm³/mol. The van der Waals surface area contributed by atoms with E-state index in [0.717, 1.165) is 11.5 Å². The predicted octanol–water partition coefficient (Wildman–Crippen LogP) is 22.6. The van der Waals surface area contributed by atoms with Crippen molar-refractivity contribution in [1.29, 1.82) is 0 Å². The lowest BCUT2D eigenvalue weighted by Crippen LogP contribution is -2.40. The number of para-hydroxylation sites is 1. The highest BCUT2D eigenvalue weighted by atomic mass is 32.2. The summed E-state index contributed by atoms with van der Waals surface area (Å²) in [5.74, 6) is 2.22. The van der Waals surface area contributed by atoms with Gasteiger partial charge in [0, 0.05) is 0 Å². The topological polar surface area (TPSA) is 38.7 Å². The van der Waals surface area contributed by atoms with Crippen LogP contribution in [0.15, 0.2) is 375 Å². The first-order valence-corrected chi connectivity index (χ1v) is 36.5. The summed E-state index contributed by atoms with van der Waals surface area (Å²) in [4.78, 5) is 14.6. The summed E-state index contributed by atoms with van der Waals surface area (Å²) < 4.78 is 11.4. The van der Waals surface area contributed by atoms with Crippen molar-refractivity contribution in [2.45, 2.75) is 151 Å². The zero-order chi connectivity index (χ0) is 64.7. The highest BCUT2D eigenvalue weighted by Crippen LogP contribution is 2.43. The third-order valence-corrected chi connectivity index (χ3v) is 25.1. The van der Waals surface area contributed by atoms with E-state index >= 15 is 0 Å². The van der Waals surface area contributed by atoms with Crippen LogP contribution in [0.25, 0.3) is 0 Å². The molecule has 1 N–H and O–H groups in total. The SMILES string of the molecule is C.C1=CC2Oc3ccccc3[S+](c3ccccc3)C2C=C1.CC(C)(C)c1ccc([S+](c2ccc(C(C)(C)C)cc2)c2ccc(C(C)(C)C)cc2)cc1.COc1ccc([S+](c2ccccc2)c2ccccc2)cc1.Oc1ccc([S+](c2ccccc2)c2ccccc2)cc1. The van der Waals surface area contributed by atoms with Gasteiger partial charge in [0.2, 0.25) is 4.90 Å². The fraction of sp³-hybridized carbons (Fsp3) is 0.186. The molecular weight excluding hydrogens is 1210 g/mol. The van der Waals surface area contributed by atoms with Crippen LogP contribution in [0, 0.1) is 0 Å². The maximum Gasteiger partial charge on any atom is 0.203 e. The molecule has 3 nitrogen and oxygen atoms in total. The Balaban J connectivity index is 0.000000148. The fourth-order valence-corrected chi connectivity index (χ4v) is 19.5. The van der Waals surface area contributed by atoms with Crippen LogP contribution in [0.3, 0.4) is 0 Å². The van der Waals surface area contributed by atoms with Crippen molar-refractivity contribution in [2.75, 3.05) is 7.11 Å². The molecule has 0 aromatic heterocycles. The molecule has 7 heteroatoms. The lowest BCUT2D eigenvalue weighted by molar-refractivity contribution is 0.242. The van der Waals surface area contributed by atoms with E-state index in [4.69, 9.17) is 9.47 Å². The highest BCUT2D eigenvalue weighted by Gasteiger charge is 2.46. The van der Waals surface area contributed by atoms with Gasteiger partial charge in [0.15, 0.2) is 66.1 Å². The molecule has 93 heavy (non-hydrogen) atoms. The van der Waals surface area contributed by atoms with Crippen LogP contribution in [-0.2, 0) is 59.8 Å². The Labute approximate surface area is 567 Å². The van der Waals surface area contributed by atoms with Gasteiger partial charge in [-0.25, -0.2) is 0 Å². The second kappa shape index (κ2) is 32.0. The van der Waals surface area contributed by atoms with Gasteiger partial charge in [-0.2, -0.15) is 0 Å². The zero-order valence-corrected chi connectivity index (χ0v) is 57.9. The standard InChI is InChI=1S/C30H39S.C19H17OS.C18H15OS.C18H14OS.CH4/c1-28(2,3)22-10-16-25(17-11-22)31(26-18-12-23(13-19-26)29(4,5)6)27-20-14-24(15-21-27)30(7,8)9;1-20-16-12-14-19(15-13-16)21(17-8-4-2-5-9-17)18-10-6-3-7-11-18;1-2-8-14(9-3-1)20-17-12-6-4-10-15(17)19-16-11-5-7-13-18(16)20;19-15-11-13-18(14-12-15)20(16-7-3-1-4-8-16)17-9-5-2-6-10-17;/h10-21H,1-9H3;2-15H,1H3;1-13,15,17H;1-14H;1H4/q3*+1;;/p+1. The summed E-state index contributed by atoms with van der Waals surface area (Å²) in [5.41, 5.74) is 4.64. The van der Waals surface area contributed by atoms with Crippen LogP contribution in [0.4, 0.5) is 0 Å². The summed E-state index contributed by atoms with van der Waals surface area (Å²) in [6, 6.07) is 105. The molecular formula is C86H90O3S4+4. The Morgan fingerprint density at radius 1 is 0.344 bits per heavy atom. The lowest BCUT2D eigenvalue weighted by atomic mass is 9.87. The Morgan fingerprint density at radius 2 is 0.634 bits per heavy atom. The smallest absolute Gasteiger partial charge is 0.203 e. The number of phenols is 1. The Hall–Kier alpha value is -8.30. The van der Waals surface area contributed by atoms with Crippen molar-refractivity contribution in [3.8, 4) is 17.2 Å². The number of ether oxygens (including phenoxy) is 2. The van der Waals surface area contributed by atoms with Crippen LogP contribution in [0.2, 0.25) is 0 Å². The molecule has 1 aliphatic heterocycles. The Bertz CT molecular complexity index is 3870. The maximum atomic E-state index is 9.48. The van der Waals surface area contributed by atoms with Crippen molar-refractivity contribution in [2.24, 2.45) is 0 Å². The quantitative estimate of drug-likeness (QED) is 0.131. The Kier molecular flexibility index (Phi) is 23.8. The maximum absolute atomic E-state index is 9.48. The van der Waals surface area contributed by atoms with Gasteiger partial charge in [-0.05, 0) is 203 Å². The monoisotopic (exact) mass is 1300 g/mol. The second-order valence-electron chi connectivity index (χ2n) is 25.6. The number of aromatic hydroxyl groups is 1. The summed E-state index contributed by atoms with van der Waals surface area (Å²) in [7, 11) is 1.40. The van der Waals surface area contributed by atoms with E-state index < -0.39 is 0 Å². The molecule has 3 atom stereocenters. The molecule has 3 unspecified atom stereocenters. The third-order valence-electron chi connectivity index (χ3n) is 15.8. The Morgan fingerprint density at radius 3 is 0.978 bits per heavy atom. The van der Waals surface area contributed by atoms with Crippen LogP contribution >= 0.6 is 0 Å². The first kappa shape index (κ1) is 69.1. The molecule has 0 amide bonds. The van der Waals surface area contributed by atoms with Crippen LogP contribution in [0.5, 0.6) is 17.2 Å². The number of methoxy groups -OCH3 is 1. The molecule has 13 rings (SSSR count). The zero-order valence-electron chi connectivity index (χ0n) is 54.7. The van der Waals surface area contributed by atoms with Crippen LogP contribution in [0.1, 0.15) is 86.4 Å². The number of fused-ring (bicyclic) bond motifs is 2. The summed E-state index contributed by atoms with van der Waals surface area (Å²) in [6.45, 7) is 20.5. The summed E-state index contributed by atoms with van der Waals surface area (Å²) in [6.07, 6.45) is 8.84. The fourth-order valence-electron chi connectivity index (χ4n) is 10.8. The number of rotatable bonds is 11. The number of allylic oxidation sites excluding steroid dienone is 2. The molecule has 0 saturated heterocycles. The van der Waals surface area contributed by atoms with E-state index in [0.29, 0.717) is 11.0 Å². The van der Waals surface area contributed by atoms with Gasteiger partial charge < -0.3 is 14.6 Å². The van der Waals surface area contributed by atoms with E-state index in [2.05, 4.69) is 329 Å². The van der Waals surface area contributed by atoms with Gasteiger partial charge in [-0.15, -0.1) is 0 Å². The first-order chi connectivity index (χ1) is 44.4. The van der Waals surface area contributed by atoms with Crippen LogP contribution < -0.4 is 9.47 Å². The van der Waals surface area contributed by atoms with Gasteiger partial charge in [-0.1, -0.05) is 221 Å². The molecule has 11 aromatic carbocycles. The molecule has 1 aliphatic carbocycles. The van der Waals surface area contributed by atoms with E-state index in [-0.39, 0.29) is 73.4 Å². The van der Waals surface area contributed by atoms with E-state index in [1.54, 1.807) is 19.2 Å². The third kappa shape index (κ3) is 18.1. The lowest BCUT2D eigenvalue weighted by Gasteiger charge is -2.30. The average molecular weight is 1300 g/mol. The molecule has 0 fully saturated rings. The van der Waals surface area contributed by atoms with Gasteiger partial charge >= 0.3 is 0 Å². The van der Waals surface area contributed by atoms with Crippen LogP contribution in [-0.4, -0.2) is 23.6 Å². The largest absolute Gasteiger partial charge is 0.508 e. The van der Waals surface area contributed by atoms with Gasteiger partial charge in [0.1, 0.15) is 11.5 Å². The normalized spacial score (nSPS) is 14.7. The summed E-state index contributed by atoms with van der Waals surface area (Å²) in [5, 5.41) is 9.88. The number of benzene rings is 11. The molecule has 11 aromatic rings. The van der Waals surface area contributed by atoms with Crippen molar-refractivity contribution >= 4 is 43.6 Å². The van der Waals surface area contributed by atoms with Gasteiger partial charge in [0.05, 0.1) is 50.7 Å². The first-order valence-electron chi connectivity index (χ1n) is 31.5. The molecule has 2 aliphatic rings. The van der Waals surface area contributed by atoms with Crippen molar-refractivity contribution in [3.63, 3.8) is 0 Å². The minimum absolute atomic E-state index is 0. The molecule has 472 valence electrons. The van der Waals surface area contributed by atoms with E-state index in [9.17, 15) is 5.11 Å². The number of phenolic OH excluding ortho intramolecular Hbond substituents is 1. The number of hydrogen-bond acceptors (Lipinski definition) is 3. The van der Waals surface area contributed by atoms with Gasteiger partial charge in [-0.3, -0.25) is 0 Å². The van der Waals surface area contributed by atoms with E-state index in [1.165, 1.54) is 70.5 Å². The average Bonchev–Trinajstić information content (AvgIpc) is 0.800. The molecule has 1 heterocycles. The van der Waals surface area contributed by atoms with E-state index in [1.807, 2.05) is 42.5 Å². The van der Waals surface area contributed by atoms with Gasteiger partial charge in [0.25, 0.3) is 0 Å².